The Morgan fingerprint density at radius 1 is 1.67 bits per heavy atom. The molecule has 0 amide bonds. The number of nitrogens with two attached hydrogens (primary N) is 1. The number of ether oxygens (including phenoxy) is 1. The summed E-state index contributed by atoms with van der Waals surface area (Å²) in [5, 5.41) is 0.643. The van der Waals surface area contributed by atoms with Gasteiger partial charge < -0.3 is 4.74 Å². The summed E-state index contributed by atoms with van der Waals surface area (Å²) in [6.07, 6.45) is 2.53. The fourth-order valence-corrected chi connectivity index (χ4v) is 1.59. The molecule has 0 saturated carbocycles. The van der Waals surface area contributed by atoms with Gasteiger partial charge in [-0.3, -0.25) is 11.3 Å². The molecule has 1 aromatic carbocycles. The molecule has 4 heteroatoms. The molecule has 0 aliphatic heterocycles. The maximum Gasteiger partial charge on any atom is 0.125 e. The quantitative estimate of drug-likeness (QED) is 0.461. The van der Waals surface area contributed by atoms with Crippen LogP contribution >= 0.6 is 11.6 Å². The lowest BCUT2D eigenvalue weighted by Crippen LogP contribution is -2.27. The standard InChI is InChI=1S/C11H15ClN2O/c1-3-4-10(14-13)9-6-5-8(12)7-11(9)15-2/h3,5-7,10,14H,1,4,13H2,2H3. The van der Waals surface area contributed by atoms with Crippen LogP contribution < -0.4 is 16.0 Å². The lowest BCUT2D eigenvalue weighted by Gasteiger charge is -2.17. The smallest absolute Gasteiger partial charge is 0.125 e. The Bertz CT molecular complexity index is 341. The molecule has 3 N–H and O–H groups in total. The summed E-state index contributed by atoms with van der Waals surface area (Å²) < 4.78 is 5.24. The molecule has 82 valence electrons. The van der Waals surface area contributed by atoms with Crippen LogP contribution in [0, 0.1) is 0 Å². The Morgan fingerprint density at radius 3 is 2.93 bits per heavy atom. The molecule has 15 heavy (non-hydrogen) atoms. The largest absolute Gasteiger partial charge is 0.496 e. The molecule has 0 radical (unpaired) electrons. The first-order valence-electron chi connectivity index (χ1n) is 4.63. The number of halogens is 1. The summed E-state index contributed by atoms with van der Waals surface area (Å²) in [7, 11) is 1.61. The van der Waals surface area contributed by atoms with Gasteiger partial charge >= 0.3 is 0 Å². The van der Waals surface area contributed by atoms with E-state index in [1.54, 1.807) is 19.3 Å². The zero-order valence-electron chi connectivity index (χ0n) is 8.66. The van der Waals surface area contributed by atoms with Crippen LogP contribution in [0.15, 0.2) is 30.9 Å². The first-order chi connectivity index (χ1) is 7.22. The van der Waals surface area contributed by atoms with E-state index in [1.165, 1.54) is 0 Å². The summed E-state index contributed by atoms with van der Waals surface area (Å²) in [4.78, 5) is 0. The Hall–Kier alpha value is -1.03. The van der Waals surface area contributed by atoms with Crippen molar-refractivity contribution in [1.82, 2.24) is 5.43 Å². The first kappa shape index (κ1) is 12.0. The van der Waals surface area contributed by atoms with E-state index in [9.17, 15) is 0 Å². The van der Waals surface area contributed by atoms with Crippen molar-refractivity contribution in [3.63, 3.8) is 0 Å². The van der Waals surface area contributed by atoms with Crippen molar-refractivity contribution in [2.75, 3.05) is 7.11 Å². The number of methoxy groups -OCH3 is 1. The molecule has 0 spiro atoms. The molecule has 1 unspecified atom stereocenters. The topological polar surface area (TPSA) is 47.3 Å². The highest BCUT2D eigenvalue weighted by atomic mass is 35.5. The van der Waals surface area contributed by atoms with E-state index in [4.69, 9.17) is 22.2 Å². The van der Waals surface area contributed by atoms with Crippen LogP contribution in [0.5, 0.6) is 5.75 Å². The van der Waals surface area contributed by atoms with Crippen molar-refractivity contribution < 1.29 is 4.74 Å². The normalized spacial score (nSPS) is 12.2. The van der Waals surface area contributed by atoms with Gasteiger partial charge in [-0.2, -0.15) is 0 Å². The van der Waals surface area contributed by atoms with Gasteiger partial charge in [0.1, 0.15) is 5.75 Å². The van der Waals surface area contributed by atoms with Crippen LogP contribution in [0.4, 0.5) is 0 Å². The summed E-state index contributed by atoms with van der Waals surface area (Å²) in [6.45, 7) is 3.68. The van der Waals surface area contributed by atoms with Gasteiger partial charge in [-0.05, 0) is 18.6 Å². The highest BCUT2D eigenvalue weighted by Crippen LogP contribution is 2.29. The Morgan fingerprint density at radius 2 is 2.40 bits per heavy atom. The van der Waals surface area contributed by atoms with Gasteiger partial charge in [0, 0.05) is 10.6 Å². The van der Waals surface area contributed by atoms with Crippen molar-refractivity contribution in [2.45, 2.75) is 12.5 Å². The summed E-state index contributed by atoms with van der Waals surface area (Å²) in [5.74, 6) is 6.20. The summed E-state index contributed by atoms with van der Waals surface area (Å²) >= 11 is 5.87. The minimum atomic E-state index is -0.00489. The molecule has 0 bridgehead atoms. The van der Waals surface area contributed by atoms with Gasteiger partial charge in [-0.15, -0.1) is 6.58 Å². The third kappa shape index (κ3) is 2.96. The van der Waals surface area contributed by atoms with Gasteiger partial charge in [0.15, 0.2) is 0 Å². The van der Waals surface area contributed by atoms with Gasteiger partial charge in [0.25, 0.3) is 0 Å². The van der Waals surface area contributed by atoms with E-state index in [2.05, 4.69) is 12.0 Å². The maximum atomic E-state index is 5.87. The lowest BCUT2D eigenvalue weighted by molar-refractivity contribution is 0.400. The second-order valence-electron chi connectivity index (χ2n) is 3.13. The third-order valence-corrected chi connectivity index (χ3v) is 2.41. The van der Waals surface area contributed by atoms with Crippen LogP contribution in [0.25, 0.3) is 0 Å². The Kier molecular flexibility index (Phi) is 4.62. The summed E-state index contributed by atoms with van der Waals surface area (Å²) in [6, 6.07) is 5.47. The second-order valence-corrected chi connectivity index (χ2v) is 3.57. The van der Waals surface area contributed by atoms with Gasteiger partial charge in [0.05, 0.1) is 13.2 Å². The average Bonchev–Trinajstić information content (AvgIpc) is 2.26. The molecular weight excluding hydrogens is 212 g/mol. The van der Waals surface area contributed by atoms with Gasteiger partial charge in [0.2, 0.25) is 0 Å². The van der Waals surface area contributed by atoms with Crippen LogP contribution in [0.2, 0.25) is 5.02 Å². The van der Waals surface area contributed by atoms with E-state index >= 15 is 0 Å². The molecule has 0 saturated heterocycles. The van der Waals surface area contributed by atoms with Gasteiger partial charge in [-0.25, -0.2) is 0 Å². The Labute approximate surface area is 94.8 Å². The molecule has 1 rings (SSSR count). The molecule has 0 fully saturated rings. The van der Waals surface area contributed by atoms with E-state index in [0.29, 0.717) is 5.02 Å². The molecule has 0 aliphatic rings. The van der Waals surface area contributed by atoms with E-state index in [-0.39, 0.29) is 6.04 Å². The molecule has 1 atom stereocenters. The second kappa shape index (κ2) is 5.75. The minimum absolute atomic E-state index is 0.00489. The molecular formula is C11H15ClN2O. The van der Waals surface area contributed by atoms with E-state index < -0.39 is 0 Å². The number of nitrogens with one attached hydrogen (secondary N) is 1. The van der Waals surface area contributed by atoms with Crippen LogP contribution in [0.1, 0.15) is 18.0 Å². The van der Waals surface area contributed by atoms with Crippen molar-refractivity contribution in [3.05, 3.63) is 41.4 Å². The fraction of sp³-hybridized carbons (Fsp3) is 0.273. The average molecular weight is 227 g/mol. The van der Waals surface area contributed by atoms with Crippen LogP contribution in [0.3, 0.4) is 0 Å². The zero-order valence-corrected chi connectivity index (χ0v) is 9.42. The maximum absolute atomic E-state index is 5.87. The van der Waals surface area contributed by atoms with Gasteiger partial charge in [-0.1, -0.05) is 23.7 Å². The number of hydrogen-bond donors (Lipinski definition) is 2. The predicted molar refractivity (Wildman–Crippen MR) is 62.9 cm³/mol. The fourth-order valence-electron chi connectivity index (χ4n) is 1.42. The van der Waals surface area contributed by atoms with Crippen LogP contribution in [-0.4, -0.2) is 7.11 Å². The number of hydrogen-bond acceptors (Lipinski definition) is 3. The zero-order chi connectivity index (χ0) is 11.3. The number of hydrazine groups is 1. The van der Waals surface area contributed by atoms with Crippen molar-refractivity contribution in [2.24, 2.45) is 5.84 Å². The molecule has 1 aromatic rings. The SMILES string of the molecule is C=CCC(NN)c1ccc(Cl)cc1OC. The molecule has 3 nitrogen and oxygen atoms in total. The molecule has 0 heterocycles. The number of rotatable bonds is 5. The molecule has 0 aliphatic carbocycles. The Balaban J connectivity index is 3.04. The minimum Gasteiger partial charge on any atom is -0.496 e. The number of benzene rings is 1. The van der Waals surface area contributed by atoms with Crippen molar-refractivity contribution >= 4 is 11.6 Å². The predicted octanol–water partition coefficient (Wildman–Crippen LogP) is 2.43. The lowest BCUT2D eigenvalue weighted by atomic mass is 10.0. The monoisotopic (exact) mass is 226 g/mol. The van der Waals surface area contributed by atoms with E-state index in [0.717, 1.165) is 17.7 Å². The highest BCUT2D eigenvalue weighted by Gasteiger charge is 2.13. The van der Waals surface area contributed by atoms with Crippen LogP contribution in [-0.2, 0) is 0 Å². The highest BCUT2D eigenvalue weighted by molar-refractivity contribution is 6.30. The van der Waals surface area contributed by atoms with Crippen molar-refractivity contribution in [3.8, 4) is 5.75 Å². The third-order valence-electron chi connectivity index (χ3n) is 2.17. The summed E-state index contributed by atoms with van der Waals surface area (Å²) in [5.41, 5.74) is 3.70. The van der Waals surface area contributed by atoms with E-state index in [1.807, 2.05) is 12.1 Å². The first-order valence-corrected chi connectivity index (χ1v) is 5.01. The molecule has 0 aromatic heterocycles. The van der Waals surface area contributed by atoms with Crippen molar-refractivity contribution in [1.29, 1.82) is 0 Å².